The van der Waals surface area contributed by atoms with Gasteiger partial charge in [-0.2, -0.15) is 0 Å². The largest absolute Gasteiger partial charge is 0.300 e. The minimum absolute atomic E-state index is 0.0779. The van der Waals surface area contributed by atoms with Crippen molar-refractivity contribution in [3.8, 4) is 0 Å². The second-order valence-corrected chi connectivity index (χ2v) is 7.10. The Labute approximate surface area is 144 Å². The molecule has 6 heteroatoms. The number of carbonyl (C=O) groups is 1. The second kappa shape index (κ2) is 7.70. The van der Waals surface area contributed by atoms with Crippen LogP contribution in [0.2, 0.25) is 5.02 Å². The van der Waals surface area contributed by atoms with Crippen LogP contribution in [-0.2, 0) is 4.79 Å². The maximum atomic E-state index is 12.2. The molecule has 0 spiro atoms. The van der Waals surface area contributed by atoms with Gasteiger partial charge in [0, 0.05) is 10.9 Å². The maximum Gasteiger partial charge on any atom is 0.229 e. The van der Waals surface area contributed by atoms with Gasteiger partial charge in [-0.15, -0.1) is 10.2 Å². The Morgan fingerprint density at radius 2 is 1.87 bits per heavy atom. The van der Waals surface area contributed by atoms with E-state index in [0.29, 0.717) is 10.2 Å². The molecule has 120 valence electrons. The monoisotopic (exact) mass is 347 g/mol. The van der Waals surface area contributed by atoms with Gasteiger partial charge in [-0.1, -0.05) is 60.4 Å². The molecule has 0 unspecified atom stereocenters. The quantitative estimate of drug-likeness (QED) is 0.857. The zero-order valence-electron chi connectivity index (χ0n) is 12.7. The van der Waals surface area contributed by atoms with Gasteiger partial charge in [0.1, 0.15) is 5.01 Å². The predicted molar refractivity (Wildman–Crippen MR) is 95.5 cm³/mol. The zero-order chi connectivity index (χ0) is 16.1. The molecule has 4 nitrogen and oxygen atoms in total. The average molecular weight is 348 g/mol. The summed E-state index contributed by atoms with van der Waals surface area (Å²) < 4.78 is 0. The average Bonchev–Trinajstić information content (AvgIpc) is 3.02. The van der Waals surface area contributed by atoms with Crippen molar-refractivity contribution in [2.45, 2.75) is 32.1 Å². The number of hydrogen-bond donors (Lipinski definition) is 1. The Kier molecular flexibility index (Phi) is 5.41. The fraction of sp³-hybridized carbons (Fsp3) is 0.353. The van der Waals surface area contributed by atoms with Gasteiger partial charge in [-0.3, -0.25) is 4.79 Å². The van der Waals surface area contributed by atoms with E-state index in [9.17, 15) is 4.79 Å². The number of halogens is 1. The summed E-state index contributed by atoms with van der Waals surface area (Å²) in [6.07, 6.45) is 9.32. The molecule has 0 aliphatic heterocycles. The van der Waals surface area contributed by atoms with Gasteiger partial charge < -0.3 is 5.32 Å². The van der Waals surface area contributed by atoms with Crippen LogP contribution in [0.4, 0.5) is 5.13 Å². The fourth-order valence-corrected chi connectivity index (χ4v) is 3.44. The van der Waals surface area contributed by atoms with Crippen LogP contribution >= 0.6 is 22.9 Å². The van der Waals surface area contributed by atoms with Crippen molar-refractivity contribution >= 4 is 46.1 Å². The van der Waals surface area contributed by atoms with E-state index in [2.05, 4.69) is 15.5 Å². The van der Waals surface area contributed by atoms with Gasteiger partial charge in [0.15, 0.2) is 0 Å². The molecule has 0 saturated heterocycles. The molecule has 2 aromatic rings. The second-order valence-electron chi connectivity index (χ2n) is 5.65. The van der Waals surface area contributed by atoms with E-state index in [1.807, 2.05) is 36.4 Å². The van der Waals surface area contributed by atoms with E-state index in [4.69, 9.17) is 11.6 Å². The van der Waals surface area contributed by atoms with Gasteiger partial charge in [0.25, 0.3) is 0 Å². The number of carbonyl (C=O) groups excluding carboxylic acids is 1. The smallest absolute Gasteiger partial charge is 0.229 e. The zero-order valence-corrected chi connectivity index (χ0v) is 14.2. The number of amides is 1. The van der Waals surface area contributed by atoms with E-state index in [1.165, 1.54) is 17.8 Å². The van der Waals surface area contributed by atoms with Crippen LogP contribution in [0.5, 0.6) is 0 Å². The lowest BCUT2D eigenvalue weighted by Gasteiger charge is -2.19. The molecular weight excluding hydrogens is 330 g/mol. The number of aromatic nitrogens is 2. The summed E-state index contributed by atoms with van der Waals surface area (Å²) in [5.74, 6) is 0.204. The van der Waals surface area contributed by atoms with Crippen LogP contribution in [0.25, 0.3) is 12.2 Å². The Balaban J connectivity index is 1.59. The van der Waals surface area contributed by atoms with E-state index in [-0.39, 0.29) is 11.8 Å². The van der Waals surface area contributed by atoms with Crippen molar-refractivity contribution in [1.82, 2.24) is 10.2 Å². The van der Waals surface area contributed by atoms with E-state index in [1.54, 1.807) is 0 Å². The van der Waals surface area contributed by atoms with Gasteiger partial charge in [0.05, 0.1) is 0 Å². The number of rotatable bonds is 4. The van der Waals surface area contributed by atoms with Crippen molar-refractivity contribution < 1.29 is 4.79 Å². The summed E-state index contributed by atoms with van der Waals surface area (Å²) in [5.41, 5.74) is 1.04. The summed E-state index contributed by atoms with van der Waals surface area (Å²) in [6, 6.07) is 7.56. The molecule has 1 heterocycles. The Morgan fingerprint density at radius 1 is 1.13 bits per heavy atom. The minimum atomic E-state index is 0.0779. The molecule has 23 heavy (non-hydrogen) atoms. The van der Waals surface area contributed by atoms with Crippen LogP contribution in [0.1, 0.15) is 42.7 Å². The van der Waals surface area contributed by atoms with Crippen molar-refractivity contribution in [2.75, 3.05) is 5.32 Å². The highest BCUT2D eigenvalue weighted by Gasteiger charge is 2.21. The topological polar surface area (TPSA) is 54.9 Å². The summed E-state index contributed by atoms with van der Waals surface area (Å²) in [7, 11) is 0. The Hall–Kier alpha value is -1.72. The molecule has 0 radical (unpaired) electrons. The first-order valence-electron chi connectivity index (χ1n) is 7.79. The first-order chi connectivity index (χ1) is 11.2. The lowest BCUT2D eigenvalue weighted by molar-refractivity contribution is -0.120. The molecule has 1 saturated carbocycles. The number of nitrogens with one attached hydrogen (secondary N) is 1. The summed E-state index contributed by atoms with van der Waals surface area (Å²) in [5, 5.41) is 13.1. The molecule has 0 bridgehead atoms. The molecule has 1 aromatic carbocycles. The number of hydrogen-bond acceptors (Lipinski definition) is 4. The third kappa shape index (κ3) is 4.62. The van der Waals surface area contributed by atoms with Gasteiger partial charge in [-0.05, 0) is 36.6 Å². The molecule has 1 amide bonds. The summed E-state index contributed by atoms with van der Waals surface area (Å²) in [6.45, 7) is 0. The molecule has 1 N–H and O–H groups in total. The van der Waals surface area contributed by atoms with Gasteiger partial charge >= 0.3 is 0 Å². The molecule has 1 aliphatic carbocycles. The van der Waals surface area contributed by atoms with E-state index >= 15 is 0 Å². The molecular formula is C17H18ClN3OS. The van der Waals surface area contributed by atoms with Crippen LogP contribution < -0.4 is 5.32 Å². The summed E-state index contributed by atoms with van der Waals surface area (Å²) in [4.78, 5) is 12.2. The fourth-order valence-electron chi connectivity index (χ4n) is 2.67. The van der Waals surface area contributed by atoms with Crippen LogP contribution in [-0.4, -0.2) is 16.1 Å². The highest BCUT2D eigenvalue weighted by molar-refractivity contribution is 7.16. The van der Waals surface area contributed by atoms with Crippen molar-refractivity contribution in [3.05, 3.63) is 39.9 Å². The first kappa shape index (κ1) is 16.1. The SMILES string of the molecule is O=C(Nc1nnc(C=Cc2ccc(Cl)cc2)s1)C1CCCCC1. The standard InChI is InChI=1S/C17H18ClN3OS/c18-14-9-6-12(7-10-14)8-11-15-20-21-17(23-15)19-16(22)13-4-2-1-3-5-13/h6-11,13H,1-5H2,(H,19,21,22). The van der Waals surface area contributed by atoms with Crippen LogP contribution in [0.3, 0.4) is 0 Å². The van der Waals surface area contributed by atoms with Gasteiger partial charge in [0.2, 0.25) is 11.0 Å². The number of benzene rings is 1. The normalized spacial score (nSPS) is 15.9. The Morgan fingerprint density at radius 3 is 2.61 bits per heavy atom. The van der Waals surface area contributed by atoms with Crippen molar-refractivity contribution in [2.24, 2.45) is 5.92 Å². The number of nitrogens with zero attached hydrogens (tertiary/aromatic N) is 2. The van der Waals surface area contributed by atoms with E-state index in [0.717, 1.165) is 36.3 Å². The third-order valence-electron chi connectivity index (χ3n) is 3.94. The molecule has 1 fully saturated rings. The first-order valence-corrected chi connectivity index (χ1v) is 8.98. The highest BCUT2D eigenvalue weighted by Crippen LogP contribution is 2.26. The molecule has 0 atom stereocenters. The lowest BCUT2D eigenvalue weighted by Crippen LogP contribution is -2.24. The maximum absolute atomic E-state index is 12.2. The van der Waals surface area contributed by atoms with Crippen LogP contribution in [0.15, 0.2) is 24.3 Å². The highest BCUT2D eigenvalue weighted by atomic mass is 35.5. The molecule has 3 rings (SSSR count). The number of anilines is 1. The van der Waals surface area contributed by atoms with Crippen LogP contribution in [0, 0.1) is 5.92 Å². The van der Waals surface area contributed by atoms with Gasteiger partial charge in [-0.25, -0.2) is 0 Å². The van der Waals surface area contributed by atoms with Crippen molar-refractivity contribution in [3.63, 3.8) is 0 Å². The van der Waals surface area contributed by atoms with E-state index < -0.39 is 0 Å². The van der Waals surface area contributed by atoms with Crippen molar-refractivity contribution in [1.29, 1.82) is 0 Å². The Bertz CT molecular complexity index is 690. The predicted octanol–water partition coefficient (Wildman–Crippen LogP) is 4.88. The third-order valence-corrected chi connectivity index (χ3v) is 4.99. The lowest BCUT2D eigenvalue weighted by atomic mass is 9.89. The molecule has 1 aliphatic rings. The summed E-state index contributed by atoms with van der Waals surface area (Å²) >= 11 is 7.24. The molecule has 1 aromatic heterocycles. The minimum Gasteiger partial charge on any atom is -0.300 e.